The van der Waals surface area contributed by atoms with Crippen LogP contribution in [0.2, 0.25) is 0 Å². The fourth-order valence-corrected chi connectivity index (χ4v) is 2.62. The van der Waals surface area contributed by atoms with Crippen molar-refractivity contribution in [2.45, 2.75) is 71.7 Å². The fourth-order valence-electron chi connectivity index (χ4n) is 2.62. The quantitative estimate of drug-likeness (QED) is 0.830. The van der Waals surface area contributed by atoms with Crippen molar-refractivity contribution in [1.82, 2.24) is 4.98 Å². The number of hydrogen-bond donors (Lipinski definition) is 0. The molecule has 2 heterocycles. The molecule has 3 heteroatoms. The minimum atomic E-state index is 0.217. The van der Waals surface area contributed by atoms with Crippen LogP contribution in [0, 0.1) is 6.92 Å². The smallest absolute Gasteiger partial charge is 0.216 e. The summed E-state index contributed by atoms with van der Waals surface area (Å²) in [6.45, 7) is 10.6. The van der Waals surface area contributed by atoms with Gasteiger partial charge in [0.25, 0.3) is 0 Å². The molecule has 106 valence electrons. The number of aryl methyl sites for hydroxylation is 1. The van der Waals surface area contributed by atoms with Crippen molar-refractivity contribution in [2.24, 2.45) is 0 Å². The highest BCUT2D eigenvalue weighted by atomic mass is 16.5. The van der Waals surface area contributed by atoms with E-state index in [1.807, 2.05) is 6.20 Å². The molecule has 0 aliphatic carbocycles. The molecule has 1 aromatic heterocycles. The zero-order valence-corrected chi connectivity index (χ0v) is 12.6. The molecule has 0 N–H and O–H groups in total. The van der Waals surface area contributed by atoms with Gasteiger partial charge in [-0.25, -0.2) is 4.98 Å². The minimum Gasteiger partial charge on any atom is -0.474 e. The van der Waals surface area contributed by atoms with Crippen molar-refractivity contribution in [3.05, 3.63) is 23.4 Å². The molecule has 0 amide bonds. The van der Waals surface area contributed by atoms with Crippen LogP contribution in [0.3, 0.4) is 0 Å². The summed E-state index contributed by atoms with van der Waals surface area (Å²) < 4.78 is 11.8. The molecule has 0 saturated carbocycles. The monoisotopic (exact) mass is 263 g/mol. The van der Waals surface area contributed by atoms with E-state index in [9.17, 15) is 0 Å². The fraction of sp³-hybridized carbons (Fsp3) is 0.688. The average molecular weight is 263 g/mol. The molecule has 0 radical (unpaired) electrons. The molecule has 2 atom stereocenters. The number of pyridine rings is 1. The van der Waals surface area contributed by atoms with Crippen molar-refractivity contribution in [1.29, 1.82) is 0 Å². The lowest BCUT2D eigenvalue weighted by Crippen LogP contribution is -2.36. The van der Waals surface area contributed by atoms with Gasteiger partial charge >= 0.3 is 0 Å². The Morgan fingerprint density at radius 3 is 2.42 bits per heavy atom. The Balaban J connectivity index is 2.06. The number of ether oxygens (including phenoxy) is 2. The van der Waals surface area contributed by atoms with Gasteiger partial charge in [0.15, 0.2) is 0 Å². The largest absolute Gasteiger partial charge is 0.474 e. The van der Waals surface area contributed by atoms with Crippen LogP contribution in [-0.4, -0.2) is 23.3 Å². The molecular formula is C16H25NO2. The van der Waals surface area contributed by atoms with E-state index in [1.54, 1.807) is 0 Å². The summed E-state index contributed by atoms with van der Waals surface area (Å²) in [6.07, 6.45) is 4.57. The zero-order valence-electron chi connectivity index (χ0n) is 12.6. The molecular weight excluding hydrogens is 238 g/mol. The topological polar surface area (TPSA) is 31.4 Å². The summed E-state index contributed by atoms with van der Waals surface area (Å²) in [5.74, 6) is 1.28. The Morgan fingerprint density at radius 1 is 1.26 bits per heavy atom. The second-order valence-corrected chi connectivity index (χ2v) is 6.01. The summed E-state index contributed by atoms with van der Waals surface area (Å²) in [5, 5.41) is 0. The van der Waals surface area contributed by atoms with Crippen LogP contribution < -0.4 is 4.74 Å². The number of nitrogens with zero attached hydrogens (tertiary/aromatic N) is 1. The van der Waals surface area contributed by atoms with Crippen molar-refractivity contribution in [3.8, 4) is 5.88 Å². The maximum absolute atomic E-state index is 6.07. The normalized spacial score (nSPS) is 27.6. The van der Waals surface area contributed by atoms with Crippen molar-refractivity contribution in [3.63, 3.8) is 0 Å². The van der Waals surface area contributed by atoms with Gasteiger partial charge in [-0.1, -0.05) is 13.8 Å². The van der Waals surface area contributed by atoms with E-state index < -0.39 is 0 Å². The summed E-state index contributed by atoms with van der Waals surface area (Å²) >= 11 is 0. The van der Waals surface area contributed by atoms with Crippen LogP contribution in [0.1, 0.15) is 57.6 Å². The van der Waals surface area contributed by atoms with Crippen LogP contribution in [0.15, 0.2) is 12.3 Å². The molecule has 3 nitrogen and oxygen atoms in total. The summed E-state index contributed by atoms with van der Waals surface area (Å²) in [6, 6.07) is 2.18. The van der Waals surface area contributed by atoms with E-state index in [-0.39, 0.29) is 18.3 Å². The van der Waals surface area contributed by atoms with Gasteiger partial charge in [0.2, 0.25) is 5.88 Å². The average Bonchev–Trinajstić information content (AvgIpc) is 2.30. The number of aromatic nitrogens is 1. The Kier molecular flexibility index (Phi) is 4.46. The van der Waals surface area contributed by atoms with Crippen molar-refractivity contribution in [2.75, 3.05) is 0 Å². The molecule has 1 aliphatic heterocycles. The maximum Gasteiger partial charge on any atom is 0.216 e. The molecule has 1 aromatic rings. The molecule has 0 aromatic carbocycles. The van der Waals surface area contributed by atoms with Gasteiger partial charge in [-0.3, -0.25) is 0 Å². The van der Waals surface area contributed by atoms with Crippen LogP contribution in [0.5, 0.6) is 5.88 Å². The highest BCUT2D eigenvalue weighted by Crippen LogP contribution is 2.26. The Hall–Kier alpha value is -1.09. The van der Waals surface area contributed by atoms with Crippen LogP contribution >= 0.6 is 0 Å². The second-order valence-electron chi connectivity index (χ2n) is 6.01. The standard InChI is InChI=1S/C16H25NO2/c1-10(2)14-6-11(3)16(17-9-14)19-15-7-12(4)18-13(5)8-15/h6,9-10,12-13,15H,7-8H2,1-5H3. The van der Waals surface area contributed by atoms with Crippen molar-refractivity contribution >= 4 is 0 Å². The first-order valence-corrected chi connectivity index (χ1v) is 7.24. The number of rotatable bonds is 3. The van der Waals surface area contributed by atoms with Crippen LogP contribution in [-0.2, 0) is 4.74 Å². The molecule has 2 rings (SSSR count). The predicted octanol–water partition coefficient (Wildman–Crippen LogP) is 3.85. The van der Waals surface area contributed by atoms with E-state index in [2.05, 4.69) is 45.7 Å². The Labute approximate surface area is 116 Å². The van der Waals surface area contributed by atoms with Crippen LogP contribution in [0.25, 0.3) is 0 Å². The molecule has 0 bridgehead atoms. The third-order valence-corrected chi connectivity index (χ3v) is 3.65. The highest BCUT2D eigenvalue weighted by molar-refractivity contribution is 5.30. The summed E-state index contributed by atoms with van der Waals surface area (Å²) in [5.41, 5.74) is 2.39. The maximum atomic E-state index is 6.07. The van der Waals surface area contributed by atoms with Crippen molar-refractivity contribution < 1.29 is 9.47 Å². The summed E-state index contributed by atoms with van der Waals surface area (Å²) in [4.78, 5) is 4.48. The van der Waals surface area contributed by atoms with Crippen LogP contribution in [0.4, 0.5) is 0 Å². The second kappa shape index (κ2) is 5.91. The third-order valence-electron chi connectivity index (χ3n) is 3.65. The van der Waals surface area contributed by atoms with Gasteiger partial charge in [0, 0.05) is 24.6 Å². The minimum absolute atomic E-state index is 0.217. The molecule has 1 fully saturated rings. The Bertz CT molecular complexity index is 421. The van der Waals surface area contributed by atoms with E-state index in [0.717, 1.165) is 24.3 Å². The molecule has 0 spiro atoms. The predicted molar refractivity (Wildman–Crippen MR) is 76.7 cm³/mol. The van der Waals surface area contributed by atoms with E-state index in [0.29, 0.717) is 5.92 Å². The lowest BCUT2D eigenvalue weighted by Gasteiger charge is -2.32. The van der Waals surface area contributed by atoms with Gasteiger partial charge in [0.1, 0.15) is 6.10 Å². The molecule has 19 heavy (non-hydrogen) atoms. The summed E-state index contributed by atoms with van der Waals surface area (Å²) in [7, 11) is 0. The SMILES string of the molecule is Cc1cc(C(C)C)cnc1OC1CC(C)OC(C)C1. The van der Waals surface area contributed by atoms with Gasteiger partial charge in [-0.05, 0) is 38.3 Å². The first-order chi connectivity index (χ1) is 8.95. The van der Waals surface area contributed by atoms with Gasteiger partial charge < -0.3 is 9.47 Å². The lowest BCUT2D eigenvalue weighted by molar-refractivity contribution is -0.0731. The highest BCUT2D eigenvalue weighted by Gasteiger charge is 2.26. The zero-order chi connectivity index (χ0) is 14.0. The van der Waals surface area contributed by atoms with Gasteiger partial charge in [0.05, 0.1) is 12.2 Å². The first-order valence-electron chi connectivity index (χ1n) is 7.24. The van der Waals surface area contributed by atoms with Gasteiger partial charge in [-0.15, -0.1) is 0 Å². The number of hydrogen-bond acceptors (Lipinski definition) is 3. The first kappa shape index (κ1) is 14.3. The van der Waals surface area contributed by atoms with E-state index in [1.165, 1.54) is 5.56 Å². The molecule has 1 aliphatic rings. The van der Waals surface area contributed by atoms with Gasteiger partial charge in [-0.2, -0.15) is 0 Å². The molecule has 2 unspecified atom stereocenters. The lowest BCUT2D eigenvalue weighted by atomic mass is 10.0. The molecule has 1 saturated heterocycles. The Morgan fingerprint density at radius 2 is 1.89 bits per heavy atom. The van der Waals surface area contributed by atoms with E-state index in [4.69, 9.17) is 9.47 Å². The third kappa shape index (κ3) is 3.69. The van der Waals surface area contributed by atoms with E-state index >= 15 is 0 Å².